The summed E-state index contributed by atoms with van der Waals surface area (Å²) in [7, 11) is 0. The average Bonchev–Trinajstić information content (AvgIpc) is 3.37. The molecule has 0 N–H and O–H groups in total. The number of aromatic nitrogens is 1. The third-order valence-electron chi connectivity index (χ3n) is 7.26. The molecule has 1 aromatic heterocycles. The normalized spacial score (nSPS) is 42.3. The number of thiazole rings is 1. The van der Waals surface area contributed by atoms with Gasteiger partial charge in [-0.2, -0.15) is 0 Å². The highest BCUT2D eigenvalue weighted by atomic mass is 32.1. The molecule has 3 saturated heterocycles. The van der Waals surface area contributed by atoms with E-state index in [9.17, 15) is 4.79 Å². The molecule has 1 saturated carbocycles. The van der Waals surface area contributed by atoms with Crippen LogP contribution in [-0.4, -0.2) is 54.6 Å². The molecule has 5 aliphatic rings. The average molecular weight is 388 g/mol. The van der Waals surface area contributed by atoms with Crippen LogP contribution in [0.5, 0.6) is 0 Å². The molecular weight excluding hydrogens is 364 g/mol. The maximum Gasteiger partial charge on any atom is 0.337 e. The van der Waals surface area contributed by atoms with E-state index in [-0.39, 0.29) is 23.6 Å². The minimum atomic E-state index is -0.471. The number of carbonyl (C=O) groups excluding carboxylic acids is 1. The van der Waals surface area contributed by atoms with Crippen LogP contribution in [0, 0.1) is 11.8 Å². The zero-order valence-corrected chi connectivity index (χ0v) is 16.3. The lowest BCUT2D eigenvalue weighted by molar-refractivity contribution is -0.149. The van der Waals surface area contributed by atoms with Crippen molar-refractivity contribution in [1.82, 2.24) is 4.98 Å². The second kappa shape index (κ2) is 5.55. The fourth-order valence-electron chi connectivity index (χ4n) is 5.91. The zero-order valence-electron chi connectivity index (χ0n) is 15.5. The van der Waals surface area contributed by atoms with Crippen LogP contribution in [0.3, 0.4) is 0 Å². The zero-order chi connectivity index (χ0) is 18.2. The van der Waals surface area contributed by atoms with E-state index >= 15 is 0 Å². The van der Waals surface area contributed by atoms with Crippen LogP contribution in [0.2, 0.25) is 0 Å². The molecule has 2 bridgehead atoms. The molecule has 7 heteroatoms. The molecule has 0 aromatic carbocycles. The minimum absolute atomic E-state index is 0.0824. The maximum atomic E-state index is 12.4. The third kappa shape index (κ3) is 2.13. The summed E-state index contributed by atoms with van der Waals surface area (Å²) in [6.45, 7) is 5.54. The largest absolute Gasteiger partial charge is 0.455 e. The summed E-state index contributed by atoms with van der Waals surface area (Å²) in [6, 6.07) is 0. The first-order valence-corrected chi connectivity index (χ1v) is 10.8. The van der Waals surface area contributed by atoms with Crippen molar-refractivity contribution in [2.75, 3.05) is 31.2 Å². The van der Waals surface area contributed by atoms with Gasteiger partial charge in [0.15, 0.2) is 5.13 Å². The molecule has 1 aliphatic carbocycles. The van der Waals surface area contributed by atoms with Crippen LogP contribution < -0.4 is 4.90 Å². The Balaban J connectivity index is 1.31. The Bertz CT molecular complexity index is 832. The highest BCUT2D eigenvalue weighted by Gasteiger charge is 2.72. The van der Waals surface area contributed by atoms with Gasteiger partial charge < -0.3 is 19.1 Å². The van der Waals surface area contributed by atoms with Crippen LogP contribution in [0.4, 0.5) is 5.13 Å². The van der Waals surface area contributed by atoms with E-state index in [0.717, 1.165) is 62.7 Å². The molecule has 5 heterocycles. The quantitative estimate of drug-likeness (QED) is 0.741. The second-order valence-corrected chi connectivity index (χ2v) is 9.68. The molecule has 4 aliphatic heterocycles. The number of ether oxygens (including phenoxy) is 3. The molecule has 5 atom stereocenters. The Hall–Kier alpha value is -1.44. The number of carbonyl (C=O) groups is 1. The van der Waals surface area contributed by atoms with E-state index < -0.39 is 5.60 Å². The second-order valence-electron chi connectivity index (χ2n) is 8.59. The summed E-state index contributed by atoms with van der Waals surface area (Å²) in [6.07, 6.45) is 7.97. The van der Waals surface area contributed by atoms with Crippen molar-refractivity contribution in [1.29, 1.82) is 0 Å². The molecule has 0 amide bonds. The van der Waals surface area contributed by atoms with Crippen molar-refractivity contribution < 1.29 is 19.0 Å². The lowest BCUT2D eigenvalue weighted by Gasteiger charge is -2.41. The van der Waals surface area contributed by atoms with E-state index in [1.165, 1.54) is 4.88 Å². The number of anilines is 1. The van der Waals surface area contributed by atoms with Gasteiger partial charge in [0, 0.05) is 36.5 Å². The molecule has 2 unspecified atom stereocenters. The van der Waals surface area contributed by atoms with Crippen molar-refractivity contribution in [3.05, 3.63) is 22.7 Å². The number of rotatable bonds is 3. The molecule has 1 aromatic rings. The van der Waals surface area contributed by atoms with Gasteiger partial charge in [0.25, 0.3) is 0 Å². The van der Waals surface area contributed by atoms with Crippen molar-refractivity contribution in [2.24, 2.45) is 11.8 Å². The number of fused-ring (bicyclic) bond motifs is 1. The Labute approximate surface area is 162 Å². The molecule has 1 spiro atoms. The molecule has 0 radical (unpaired) electrons. The van der Waals surface area contributed by atoms with Gasteiger partial charge in [0.1, 0.15) is 11.7 Å². The summed E-state index contributed by atoms with van der Waals surface area (Å²) < 4.78 is 18.0. The van der Waals surface area contributed by atoms with Gasteiger partial charge in [-0.05, 0) is 25.2 Å². The highest BCUT2D eigenvalue weighted by Crippen LogP contribution is 2.64. The predicted octanol–water partition coefficient (Wildman–Crippen LogP) is 2.33. The minimum Gasteiger partial charge on any atom is -0.455 e. The SMILES string of the molecule is C[C@@H]1C=C2C(=O)O[C@@H]3CCC4CC1(Cc1cnc(N5CCOCC5)s1)O[C@]243. The lowest BCUT2D eigenvalue weighted by Crippen LogP contribution is -2.49. The maximum absolute atomic E-state index is 12.4. The number of morpholine rings is 1. The first kappa shape index (κ1) is 16.5. The van der Waals surface area contributed by atoms with Gasteiger partial charge in [0.05, 0.1) is 24.4 Å². The fourth-order valence-corrected chi connectivity index (χ4v) is 6.99. The van der Waals surface area contributed by atoms with E-state index in [1.54, 1.807) is 11.3 Å². The van der Waals surface area contributed by atoms with Crippen molar-refractivity contribution >= 4 is 22.4 Å². The lowest BCUT2D eigenvalue weighted by atomic mass is 9.81. The van der Waals surface area contributed by atoms with E-state index in [4.69, 9.17) is 14.2 Å². The van der Waals surface area contributed by atoms with Crippen LogP contribution in [0.15, 0.2) is 17.8 Å². The van der Waals surface area contributed by atoms with Crippen molar-refractivity contribution in [3.63, 3.8) is 0 Å². The number of nitrogens with zero attached hydrogens (tertiary/aromatic N) is 2. The third-order valence-corrected chi connectivity index (χ3v) is 8.32. The van der Waals surface area contributed by atoms with Gasteiger partial charge in [-0.15, -0.1) is 11.3 Å². The molecule has 6 nitrogen and oxygen atoms in total. The van der Waals surface area contributed by atoms with Gasteiger partial charge in [-0.1, -0.05) is 13.0 Å². The monoisotopic (exact) mass is 388 g/mol. The van der Waals surface area contributed by atoms with Crippen LogP contribution in [-0.2, 0) is 25.4 Å². The van der Waals surface area contributed by atoms with Gasteiger partial charge in [-0.3, -0.25) is 0 Å². The van der Waals surface area contributed by atoms with E-state index in [0.29, 0.717) is 5.92 Å². The van der Waals surface area contributed by atoms with Crippen LogP contribution in [0.25, 0.3) is 0 Å². The summed E-state index contributed by atoms with van der Waals surface area (Å²) in [5.74, 6) is 0.445. The Morgan fingerprint density at radius 2 is 2.19 bits per heavy atom. The molecule has 6 rings (SSSR count). The summed E-state index contributed by atoms with van der Waals surface area (Å²) in [5.41, 5.74) is 0.0886. The molecule has 27 heavy (non-hydrogen) atoms. The summed E-state index contributed by atoms with van der Waals surface area (Å²) >= 11 is 1.77. The van der Waals surface area contributed by atoms with Crippen molar-refractivity contribution in [2.45, 2.75) is 49.9 Å². The molecule has 4 fully saturated rings. The van der Waals surface area contributed by atoms with E-state index in [1.807, 2.05) is 6.20 Å². The van der Waals surface area contributed by atoms with Crippen LogP contribution >= 0.6 is 11.3 Å². The van der Waals surface area contributed by atoms with Gasteiger partial charge in [-0.25, -0.2) is 9.78 Å². The topological polar surface area (TPSA) is 60.9 Å². The fraction of sp³-hybridized carbons (Fsp3) is 0.700. The van der Waals surface area contributed by atoms with Crippen LogP contribution in [0.1, 0.15) is 31.1 Å². The standard InChI is InChI=1S/C20H24N2O4S/c1-12-8-15-17(23)25-16-3-2-13-9-19(12,26-20(13,15)16)10-14-11-21-18(27-14)22-4-6-24-7-5-22/h8,11-13,16H,2-7,9-10H2,1H3/t12-,13?,16-,19?,20+/m1/s1. The summed E-state index contributed by atoms with van der Waals surface area (Å²) in [5, 5.41) is 1.08. The first-order valence-electron chi connectivity index (χ1n) is 10.0. The summed E-state index contributed by atoms with van der Waals surface area (Å²) in [4.78, 5) is 20.6. The highest BCUT2D eigenvalue weighted by molar-refractivity contribution is 7.15. The smallest absolute Gasteiger partial charge is 0.337 e. The Morgan fingerprint density at radius 3 is 3.04 bits per heavy atom. The Kier molecular flexibility index (Phi) is 3.39. The Morgan fingerprint density at radius 1 is 1.33 bits per heavy atom. The number of esters is 1. The van der Waals surface area contributed by atoms with Crippen molar-refractivity contribution in [3.8, 4) is 0 Å². The first-order chi connectivity index (χ1) is 13.1. The van der Waals surface area contributed by atoms with Gasteiger partial charge >= 0.3 is 5.97 Å². The number of hydrogen-bond donors (Lipinski definition) is 0. The number of hydrogen-bond acceptors (Lipinski definition) is 7. The van der Waals surface area contributed by atoms with Gasteiger partial charge in [0.2, 0.25) is 0 Å². The predicted molar refractivity (Wildman–Crippen MR) is 99.9 cm³/mol. The van der Waals surface area contributed by atoms with E-state index in [2.05, 4.69) is 22.9 Å². The molecular formula is C20H24N2O4S. The molecule has 144 valence electrons.